The van der Waals surface area contributed by atoms with Gasteiger partial charge in [-0.3, -0.25) is 9.89 Å². The van der Waals surface area contributed by atoms with E-state index in [2.05, 4.69) is 30.5 Å². The first-order valence-electron chi connectivity index (χ1n) is 9.92. The predicted octanol–water partition coefficient (Wildman–Crippen LogP) is 3.08. The minimum absolute atomic E-state index is 0.00133. The van der Waals surface area contributed by atoms with Crippen LogP contribution in [0.25, 0.3) is 22.6 Å². The highest BCUT2D eigenvalue weighted by Gasteiger charge is 2.48. The summed E-state index contributed by atoms with van der Waals surface area (Å²) in [6, 6.07) is 1.01. The van der Waals surface area contributed by atoms with E-state index in [1.807, 2.05) is 0 Å². The average Bonchev–Trinajstić information content (AvgIpc) is 3.18. The van der Waals surface area contributed by atoms with Crippen LogP contribution < -0.4 is 5.32 Å². The minimum atomic E-state index is -0.628. The lowest BCUT2D eigenvalue weighted by Gasteiger charge is -2.47. The van der Waals surface area contributed by atoms with Gasteiger partial charge in [-0.1, -0.05) is 0 Å². The topological polar surface area (TPSA) is 106 Å². The summed E-state index contributed by atoms with van der Waals surface area (Å²) in [5, 5.41) is 10.3. The normalized spacial score (nSPS) is 25.4. The van der Waals surface area contributed by atoms with E-state index in [0.29, 0.717) is 16.7 Å². The number of hydrogen-bond donors (Lipinski definition) is 2. The molecule has 0 aromatic carbocycles. The average molecular weight is 414 g/mol. The lowest BCUT2D eigenvalue weighted by Crippen LogP contribution is -2.52. The maximum atomic E-state index is 14.6. The summed E-state index contributed by atoms with van der Waals surface area (Å²) >= 11 is 0. The Bertz CT molecular complexity index is 1110. The molecule has 3 fully saturated rings. The smallest absolute Gasteiger partial charge is 0.311 e. The highest BCUT2D eigenvalue weighted by Crippen LogP contribution is 2.46. The van der Waals surface area contributed by atoms with Crippen molar-refractivity contribution >= 4 is 22.8 Å². The number of fused-ring (bicyclic) bond motifs is 4. The van der Waals surface area contributed by atoms with Gasteiger partial charge in [-0.2, -0.15) is 5.10 Å². The standard InChI is InChI=1S/C20H20F2N6O2/c1-30-20(29)14-9-2-4-10(5-3-9)15(14)25-18-13(22)8-24-19(26-18)16-12-6-11(21)7-23-17(12)28-27-16/h6-10,14-15H,2-5H2,1H3,(H,23,27,28)(H,24,25,26)/t9?,10?,14-,15-/m1/s1. The summed E-state index contributed by atoms with van der Waals surface area (Å²) in [4.78, 5) is 24.7. The quantitative estimate of drug-likeness (QED) is 0.632. The molecule has 0 amide bonds. The van der Waals surface area contributed by atoms with E-state index in [9.17, 15) is 13.6 Å². The summed E-state index contributed by atoms with van der Waals surface area (Å²) in [6.07, 6.45) is 6.02. The molecule has 156 valence electrons. The van der Waals surface area contributed by atoms with Gasteiger partial charge in [0.25, 0.3) is 0 Å². The van der Waals surface area contributed by atoms with Crippen molar-refractivity contribution in [2.24, 2.45) is 17.8 Å². The molecule has 3 saturated carbocycles. The van der Waals surface area contributed by atoms with E-state index in [1.54, 1.807) is 0 Å². The molecule has 0 unspecified atom stereocenters. The van der Waals surface area contributed by atoms with Crippen LogP contribution in [0.2, 0.25) is 0 Å². The highest BCUT2D eigenvalue weighted by molar-refractivity contribution is 5.88. The second kappa shape index (κ2) is 7.26. The third-order valence-electron chi connectivity index (χ3n) is 6.34. The van der Waals surface area contributed by atoms with Crippen molar-refractivity contribution in [1.29, 1.82) is 0 Å². The number of aromatic amines is 1. The molecule has 8 nitrogen and oxygen atoms in total. The third kappa shape index (κ3) is 3.06. The monoisotopic (exact) mass is 414 g/mol. The Balaban J connectivity index is 1.50. The predicted molar refractivity (Wildman–Crippen MR) is 103 cm³/mol. The van der Waals surface area contributed by atoms with E-state index in [0.717, 1.165) is 38.1 Å². The van der Waals surface area contributed by atoms with Crippen molar-refractivity contribution in [1.82, 2.24) is 25.1 Å². The number of pyridine rings is 1. The molecule has 2 bridgehead atoms. The van der Waals surface area contributed by atoms with Crippen molar-refractivity contribution in [2.75, 3.05) is 12.4 Å². The molecule has 0 saturated heterocycles. The fourth-order valence-corrected chi connectivity index (χ4v) is 4.92. The first-order valence-corrected chi connectivity index (χ1v) is 9.92. The molecule has 0 radical (unpaired) electrons. The zero-order valence-corrected chi connectivity index (χ0v) is 16.2. The molecule has 3 heterocycles. The second-order valence-electron chi connectivity index (χ2n) is 7.91. The fourth-order valence-electron chi connectivity index (χ4n) is 4.92. The molecule has 3 aliphatic carbocycles. The molecule has 6 rings (SSSR count). The van der Waals surface area contributed by atoms with Crippen LogP contribution in [0, 0.1) is 29.4 Å². The van der Waals surface area contributed by atoms with Crippen LogP contribution in [0.5, 0.6) is 0 Å². The summed E-state index contributed by atoms with van der Waals surface area (Å²) in [5.74, 6) is -1.16. The summed E-state index contributed by atoms with van der Waals surface area (Å²) in [7, 11) is 1.38. The third-order valence-corrected chi connectivity index (χ3v) is 6.34. The van der Waals surface area contributed by atoms with E-state index >= 15 is 0 Å². The molecule has 2 N–H and O–H groups in total. The number of nitrogens with one attached hydrogen (secondary N) is 2. The number of anilines is 1. The van der Waals surface area contributed by atoms with Crippen LogP contribution in [0.1, 0.15) is 25.7 Å². The van der Waals surface area contributed by atoms with E-state index in [1.165, 1.54) is 13.2 Å². The summed E-state index contributed by atoms with van der Waals surface area (Å²) < 4.78 is 33.3. The molecular weight excluding hydrogens is 394 g/mol. The Labute approximate surface area is 170 Å². The number of esters is 1. The number of rotatable bonds is 4. The number of aromatic nitrogens is 5. The largest absolute Gasteiger partial charge is 0.469 e. The first kappa shape index (κ1) is 18.8. The molecular formula is C20H20F2N6O2. The van der Waals surface area contributed by atoms with Gasteiger partial charge in [-0.25, -0.2) is 23.7 Å². The number of H-pyrrole nitrogens is 1. The van der Waals surface area contributed by atoms with Gasteiger partial charge in [0.1, 0.15) is 11.5 Å². The Morgan fingerprint density at radius 3 is 2.70 bits per heavy atom. The van der Waals surface area contributed by atoms with Gasteiger partial charge in [0.15, 0.2) is 23.1 Å². The second-order valence-corrected chi connectivity index (χ2v) is 7.91. The number of halogens is 2. The number of carbonyl (C=O) groups excluding carboxylic acids is 1. The minimum Gasteiger partial charge on any atom is -0.469 e. The van der Waals surface area contributed by atoms with Crippen LogP contribution >= 0.6 is 0 Å². The number of carbonyl (C=O) groups is 1. The highest BCUT2D eigenvalue weighted by atomic mass is 19.1. The number of methoxy groups -OCH3 is 1. The molecule has 30 heavy (non-hydrogen) atoms. The molecule has 3 aromatic heterocycles. The Kier molecular flexibility index (Phi) is 4.56. The lowest BCUT2D eigenvalue weighted by atomic mass is 9.61. The maximum Gasteiger partial charge on any atom is 0.311 e. The van der Waals surface area contributed by atoms with Crippen LogP contribution in [0.4, 0.5) is 14.6 Å². The molecule has 3 aromatic rings. The van der Waals surface area contributed by atoms with Gasteiger partial charge in [0.05, 0.1) is 30.8 Å². The van der Waals surface area contributed by atoms with Crippen molar-refractivity contribution in [2.45, 2.75) is 31.7 Å². The van der Waals surface area contributed by atoms with Crippen LogP contribution in [0.15, 0.2) is 18.5 Å². The van der Waals surface area contributed by atoms with Crippen molar-refractivity contribution in [3.63, 3.8) is 0 Å². The van der Waals surface area contributed by atoms with Gasteiger partial charge in [-0.05, 0) is 43.6 Å². The van der Waals surface area contributed by atoms with Crippen molar-refractivity contribution in [3.05, 3.63) is 30.1 Å². The summed E-state index contributed by atoms with van der Waals surface area (Å²) in [5.41, 5.74) is 0.652. The van der Waals surface area contributed by atoms with E-state index in [4.69, 9.17) is 4.74 Å². The zero-order valence-electron chi connectivity index (χ0n) is 16.2. The van der Waals surface area contributed by atoms with E-state index < -0.39 is 11.6 Å². The van der Waals surface area contributed by atoms with Gasteiger partial charge in [0.2, 0.25) is 0 Å². The lowest BCUT2D eigenvalue weighted by molar-refractivity contribution is -0.152. The van der Waals surface area contributed by atoms with Gasteiger partial charge < -0.3 is 10.1 Å². The molecule has 10 heteroatoms. The first-order chi connectivity index (χ1) is 14.5. The number of hydrogen-bond acceptors (Lipinski definition) is 7. The molecule has 3 aliphatic rings. The van der Waals surface area contributed by atoms with Crippen LogP contribution in [0.3, 0.4) is 0 Å². The fraction of sp³-hybridized carbons (Fsp3) is 0.450. The maximum absolute atomic E-state index is 14.6. The number of nitrogens with zero attached hydrogens (tertiary/aromatic N) is 4. The van der Waals surface area contributed by atoms with E-state index in [-0.39, 0.29) is 41.4 Å². The van der Waals surface area contributed by atoms with Crippen molar-refractivity contribution < 1.29 is 18.3 Å². The zero-order chi connectivity index (χ0) is 20.8. The Morgan fingerprint density at radius 2 is 1.93 bits per heavy atom. The Morgan fingerprint density at radius 1 is 1.17 bits per heavy atom. The van der Waals surface area contributed by atoms with Crippen molar-refractivity contribution in [3.8, 4) is 11.5 Å². The van der Waals surface area contributed by atoms with Crippen LogP contribution in [-0.2, 0) is 9.53 Å². The SMILES string of the molecule is COC(=O)[C@@H]1C2CCC(CC2)[C@H]1Nc1nc(-c2[nH]nc3ncc(F)cc23)ncc1F. The van der Waals surface area contributed by atoms with Crippen LogP contribution in [-0.4, -0.2) is 44.3 Å². The van der Waals surface area contributed by atoms with Gasteiger partial charge in [0, 0.05) is 6.04 Å². The molecule has 0 spiro atoms. The molecule has 2 atom stereocenters. The summed E-state index contributed by atoms with van der Waals surface area (Å²) in [6.45, 7) is 0. The van der Waals surface area contributed by atoms with Gasteiger partial charge >= 0.3 is 5.97 Å². The van der Waals surface area contributed by atoms with Gasteiger partial charge in [-0.15, -0.1) is 0 Å². The number of ether oxygens (including phenoxy) is 1. The Hall–Kier alpha value is -3.17. The molecule has 0 aliphatic heterocycles.